The average Bonchev–Trinajstić information content (AvgIpc) is 2.97. The van der Waals surface area contributed by atoms with E-state index in [2.05, 4.69) is 15.9 Å². The number of hydrogen-bond donors (Lipinski definition) is 1. The molecule has 1 aliphatic carbocycles. The van der Waals surface area contributed by atoms with Crippen LogP contribution in [0.3, 0.4) is 0 Å². The van der Waals surface area contributed by atoms with E-state index in [1.54, 1.807) is 0 Å². The third-order valence-electron chi connectivity index (χ3n) is 2.80. The van der Waals surface area contributed by atoms with Gasteiger partial charge in [0.1, 0.15) is 5.82 Å². The molecule has 1 unspecified atom stereocenters. The maximum absolute atomic E-state index is 13.5. The first-order chi connectivity index (χ1) is 7.82. The van der Waals surface area contributed by atoms with Gasteiger partial charge in [0.25, 0.3) is 0 Å². The van der Waals surface area contributed by atoms with E-state index < -0.39 is 28.1 Å². The molecule has 1 saturated carbocycles. The molecule has 6 heteroatoms. The third kappa shape index (κ3) is 2.47. The fourth-order valence-corrected chi connectivity index (χ4v) is 2.49. The molecule has 0 spiro atoms. The Labute approximate surface area is 104 Å². The van der Waals surface area contributed by atoms with Crippen molar-refractivity contribution in [2.75, 3.05) is 0 Å². The molecular weight excluding hydrogens is 304 g/mol. The normalized spacial score (nSPS) is 18.2. The van der Waals surface area contributed by atoms with Crippen molar-refractivity contribution in [2.24, 2.45) is 5.92 Å². The Morgan fingerprint density at radius 2 is 1.88 bits per heavy atom. The van der Waals surface area contributed by atoms with Crippen LogP contribution in [0.2, 0.25) is 0 Å². The van der Waals surface area contributed by atoms with Gasteiger partial charge in [-0.2, -0.15) is 13.2 Å². The fraction of sp³-hybridized carbons (Fsp3) is 0.455. The molecule has 2 rings (SSSR count). The summed E-state index contributed by atoms with van der Waals surface area (Å²) in [5, 5.41) is 9.77. The van der Waals surface area contributed by atoms with Crippen molar-refractivity contribution >= 4 is 15.9 Å². The van der Waals surface area contributed by atoms with Gasteiger partial charge in [0, 0.05) is 10.0 Å². The SMILES string of the molecule is OC(c1c(F)ccc(C(F)(F)F)c1Br)C1CC1. The van der Waals surface area contributed by atoms with Crippen molar-refractivity contribution in [2.45, 2.75) is 25.1 Å². The minimum atomic E-state index is -4.56. The summed E-state index contributed by atoms with van der Waals surface area (Å²) in [6, 6.07) is 1.41. The van der Waals surface area contributed by atoms with Crippen LogP contribution in [-0.2, 0) is 6.18 Å². The largest absolute Gasteiger partial charge is 0.417 e. The van der Waals surface area contributed by atoms with Crippen molar-refractivity contribution in [1.29, 1.82) is 0 Å². The van der Waals surface area contributed by atoms with Crippen molar-refractivity contribution in [3.8, 4) is 0 Å². The molecule has 1 nitrogen and oxygen atoms in total. The molecule has 1 aromatic rings. The van der Waals surface area contributed by atoms with Gasteiger partial charge in [-0.3, -0.25) is 0 Å². The Morgan fingerprint density at radius 3 is 2.35 bits per heavy atom. The number of halogens is 5. The molecule has 0 amide bonds. The Balaban J connectivity index is 2.50. The molecule has 1 atom stereocenters. The van der Waals surface area contributed by atoms with Crippen LogP contribution >= 0.6 is 15.9 Å². The summed E-state index contributed by atoms with van der Waals surface area (Å²) in [5.74, 6) is -0.950. The summed E-state index contributed by atoms with van der Waals surface area (Å²) >= 11 is 2.74. The highest BCUT2D eigenvalue weighted by Gasteiger charge is 2.39. The molecule has 0 aliphatic heterocycles. The van der Waals surface area contributed by atoms with Crippen molar-refractivity contribution < 1.29 is 22.7 Å². The second kappa shape index (κ2) is 4.24. The zero-order chi connectivity index (χ0) is 12.8. The van der Waals surface area contributed by atoms with Gasteiger partial charge in [-0.15, -0.1) is 0 Å². The molecule has 0 aromatic heterocycles. The highest BCUT2D eigenvalue weighted by atomic mass is 79.9. The topological polar surface area (TPSA) is 20.2 Å². The summed E-state index contributed by atoms with van der Waals surface area (Å²) in [5.41, 5.74) is -1.25. The highest BCUT2D eigenvalue weighted by molar-refractivity contribution is 9.10. The average molecular weight is 313 g/mol. The minimum absolute atomic E-state index is 0.135. The van der Waals surface area contributed by atoms with Crippen LogP contribution in [0.4, 0.5) is 17.6 Å². The summed E-state index contributed by atoms with van der Waals surface area (Å²) < 4.78 is 50.9. The number of aliphatic hydroxyl groups excluding tert-OH is 1. The standard InChI is InChI=1S/C11H9BrF4O/c12-9-6(11(14,15)16)3-4-7(13)8(9)10(17)5-1-2-5/h3-5,10,17H,1-2H2. The van der Waals surface area contributed by atoms with E-state index in [4.69, 9.17) is 0 Å². The van der Waals surface area contributed by atoms with Crippen molar-refractivity contribution in [1.82, 2.24) is 0 Å². The van der Waals surface area contributed by atoms with E-state index >= 15 is 0 Å². The smallest absolute Gasteiger partial charge is 0.388 e. The van der Waals surface area contributed by atoms with Crippen LogP contribution in [0.25, 0.3) is 0 Å². The molecule has 1 fully saturated rings. The molecule has 1 aliphatic rings. The Bertz CT molecular complexity index is 440. The van der Waals surface area contributed by atoms with Crippen molar-refractivity contribution in [3.05, 3.63) is 33.5 Å². The lowest BCUT2D eigenvalue weighted by Gasteiger charge is -2.17. The molecule has 0 radical (unpaired) electrons. The number of aliphatic hydroxyl groups is 1. The Hall–Kier alpha value is -0.620. The number of alkyl halides is 3. The van der Waals surface area contributed by atoms with Gasteiger partial charge in [0.2, 0.25) is 0 Å². The van der Waals surface area contributed by atoms with Gasteiger partial charge in [0.15, 0.2) is 0 Å². The van der Waals surface area contributed by atoms with Gasteiger partial charge >= 0.3 is 6.18 Å². The first kappa shape index (κ1) is 12.8. The summed E-state index contributed by atoms with van der Waals surface area (Å²) in [7, 11) is 0. The second-order valence-electron chi connectivity index (χ2n) is 4.10. The predicted molar refractivity (Wildman–Crippen MR) is 56.8 cm³/mol. The van der Waals surface area contributed by atoms with Gasteiger partial charge in [-0.25, -0.2) is 4.39 Å². The molecule has 1 N–H and O–H groups in total. The zero-order valence-corrected chi connectivity index (χ0v) is 10.1. The zero-order valence-electron chi connectivity index (χ0n) is 8.56. The molecule has 17 heavy (non-hydrogen) atoms. The van der Waals surface area contributed by atoms with Gasteiger partial charge in [-0.05, 0) is 46.8 Å². The number of rotatable bonds is 2. The lowest BCUT2D eigenvalue weighted by molar-refractivity contribution is -0.138. The van der Waals surface area contributed by atoms with E-state index in [0.29, 0.717) is 18.9 Å². The first-order valence-corrected chi connectivity index (χ1v) is 5.85. The van der Waals surface area contributed by atoms with Crippen LogP contribution in [0, 0.1) is 11.7 Å². The first-order valence-electron chi connectivity index (χ1n) is 5.05. The molecule has 94 valence electrons. The van der Waals surface area contributed by atoms with E-state index in [9.17, 15) is 22.7 Å². The van der Waals surface area contributed by atoms with Crippen LogP contribution in [0.15, 0.2) is 16.6 Å². The number of benzene rings is 1. The lowest BCUT2D eigenvalue weighted by atomic mass is 10.0. The van der Waals surface area contributed by atoms with Gasteiger partial charge < -0.3 is 5.11 Å². The number of hydrogen-bond acceptors (Lipinski definition) is 1. The highest BCUT2D eigenvalue weighted by Crippen LogP contribution is 2.46. The van der Waals surface area contributed by atoms with E-state index in [1.165, 1.54) is 0 Å². The quantitative estimate of drug-likeness (QED) is 0.817. The molecule has 0 bridgehead atoms. The van der Waals surface area contributed by atoms with E-state index in [0.717, 1.165) is 6.07 Å². The molecular formula is C11H9BrF4O. The van der Waals surface area contributed by atoms with E-state index in [1.807, 2.05) is 0 Å². The van der Waals surface area contributed by atoms with Crippen LogP contribution in [-0.4, -0.2) is 5.11 Å². The van der Waals surface area contributed by atoms with Crippen LogP contribution in [0.1, 0.15) is 30.1 Å². The second-order valence-corrected chi connectivity index (χ2v) is 4.90. The monoisotopic (exact) mass is 312 g/mol. The summed E-state index contributed by atoms with van der Waals surface area (Å²) in [6.07, 6.45) is -4.32. The van der Waals surface area contributed by atoms with Gasteiger partial charge in [-0.1, -0.05) is 0 Å². The molecule has 1 aromatic carbocycles. The minimum Gasteiger partial charge on any atom is -0.388 e. The van der Waals surface area contributed by atoms with Crippen LogP contribution < -0.4 is 0 Å². The lowest BCUT2D eigenvalue weighted by Crippen LogP contribution is -2.11. The summed E-state index contributed by atoms with van der Waals surface area (Å²) in [6.45, 7) is 0. The molecule has 0 saturated heterocycles. The van der Waals surface area contributed by atoms with Crippen LogP contribution in [0.5, 0.6) is 0 Å². The predicted octanol–water partition coefficient (Wildman–Crippen LogP) is 4.05. The maximum atomic E-state index is 13.5. The van der Waals surface area contributed by atoms with Crippen molar-refractivity contribution in [3.63, 3.8) is 0 Å². The fourth-order valence-electron chi connectivity index (χ4n) is 1.71. The Morgan fingerprint density at radius 1 is 1.29 bits per heavy atom. The molecule has 0 heterocycles. The van der Waals surface area contributed by atoms with Gasteiger partial charge in [0.05, 0.1) is 11.7 Å². The Kier molecular flexibility index (Phi) is 3.20. The van der Waals surface area contributed by atoms with E-state index in [-0.39, 0.29) is 11.5 Å². The summed E-state index contributed by atoms with van der Waals surface area (Å²) in [4.78, 5) is 0. The maximum Gasteiger partial charge on any atom is 0.417 e. The third-order valence-corrected chi connectivity index (χ3v) is 3.65.